The number of hydrogen-bond donors (Lipinski definition) is 1. The Morgan fingerprint density at radius 3 is 2.42 bits per heavy atom. The van der Waals surface area contributed by atoms with Crippen molar-refractivity contribution in [2.24, 2.45) is 0 Å². The SMILES string of the molecule is O=C1OC2(CCN(C(=O)O)CC2)CN(C2CC2)C1=O. The van der Waals surface area contributed by atoms with Crippen LogP contribution in [0.3, 0.4) is 0 Å². The molecule has 1 spiro atoms. The molecule has 0 radical (unpaired) electrons. The van der Waals surface area contributed by atoms with E-state index in [2.05, 4.69) is 0 Å². The van der Waals surface area contributed by atoms with Crippen molar-refractivity contribution in [3.8, 4) is 0 Å². The topological polar surface area (TPSA) is 87.2 Å². The van der Waals surface area contributed by atoms with E-state index in [0.717, 1.165) is 12.8 Å². The molecule has 2 aliphatic heterocycles. The third-order valence-corrected chi connectivity index (χ3v) is 4.14. The average Bonchev–Trinajstić information content (AvgIpc) is 3.19. The molecule has 2 heterocycles. The maximum atomic E-state index is 11.8. The summed E-state index contributed by atoms with van der Waals surface area (Å²) in [5, 5.41) is 8.92. The minimum Gasteiger partial charge on any atom is -0.465 e. The number of amides is 2. The summed E-state index contributed by atoms with van der Waals surface area (Å²) in [7, 11) is 0. The van der Waals surface area contributed by atoms with Crippen LogP contribution in [0.5, 0.6) is 0 Å². The van der Waals surface area contributed by atoms with Crippen molar-refractivity contribution in [1.29, 1.82) is 0 Å². The first-order valence-electron chi connectivity index (χ1n) is 6.53. The number of piperidine rings is 1. The van der Waals surface area contributed by atoms with Gasteiger partial charge in [0.15, 0.2) is 0 Å². The van der Waals surface area contributed by atoms with E-state index in [-0.39, 0.29) is 6.04 Å². The van der Waals surface area contributed by atoms with Gasteiger partial charge in [0.1, 0.15) is 5.60 Å². The van der Waals surface area contributed by atoms with Gasteiger partial charge in [0.25, 0.3) is 0 Å². The van der Waals surface area contributed by atoms with E-state index in [1.54, 1.807) is 4.90 Å². The van der Waals surface area contributed by atoms with Gasteiger partial charge in [0.05, 0.1) is 6.54 Å². The highest BCUT2D eigenvalue weighted by atomic mass is 16.6. The molecule has 3 fully saturated rings. The zero-order valence-electron chi connectivity index (χ0n) is 10.5. The monoisotopic (exact) mass is 268 g/mol. The molecule has 2 saturated heterocycles. The molecule has 0 bridgehead atoms. The van der Waals surface area contributed by atoms with Crippen LogP contribution in [0.1, 0.15) is 25.7 Å². The molecule has 104 valence electrons. The molecule has 3 aliphatic rings. The molecular formula is C12H16N2O5. The highest BCUT2D eigenvalue weighted by Gasteiger charge is 2.50. The predicted octanol–water partition coefficient (Wildman–Crippen LogP) is 0.0468. The molecule has 19 heavy (non-hydrogen) atoms. The summed E-state index contributed by atoms with van der Waals surface area (Å²) < 4.78 is 5.31. The molecule has 7 nitrogen and oxygen atoms in total. The van der Waals surface area contributed by atoms with Crippen molar-refractivity contribution in [3.63, 3.8) is 0 Å². The Morgan fingerprint density at radius 2 is 1.89 bits per heavy atom. The highest BCUT2D eigenvalue weighted by Crippen LogP contribution is 2.36. The van der Waals surface area contributed by atoms with Crippen LogP contribution in [0.2, 0.25) is 0 Å². The van der Waals surface area contributed by atoms with Gasteiger partial charge in [-0.25, -0.2) is 9.59 Å². The minimum absolute atomic E-state index is 0.176. The molecule has 0 unspecified atom stereocenters. The second kappa shape index (κ2) is 4.11. The molecule has 1 N–H and O–H groups in total. The van der Waals surface area contributed by atoms with E-state index in [0.29, 0.717) is 32.5 Å². The first-order valence-corrected chi connectivity index (χ1v) is 6.53. The van der Waals surface area contributed by atoms with Crippen LogP contribution in [0.25, 0.3) is 0 Å². The molecule has 7 heteroatoms. The second-order valence-corrected chi connectivity index (χ2v) is 5.51. The van der Waals surface area contributed by atoms with Crippen molar-refractivity contribution in [1.82, 2.24) is 9.80 Å². The fourth-order valence-electron chi connectivity index (χ4n) is 2.82. The zero-order valence-corrected chi connectivity index (χ0v) is 10.5. The summed E-state index contributed by atoms with van der Waals surface area (Å²) in [6, 6.07) is 0.176. The maximum absolute atomic E-state index is 11.8. The lowest BCUT2D eigenvalue weighted by atomic mass is 9.89. The van der Waals surface area contributed by atoms with Crippen LogP contribution in [-0.2, 0) is 14.3 Å². The fourth-order valence-corrected chi connectivity index (χ4v) is 2.82. The van der Waals surface area contributed by atoms with Crippen molar-refractivity contribution >= 4 is 18.0 Å². The van der Waals surface area contributed by atoms with Crippen molar-refractivity contribution in [3.05, 3.63) is 0 Å². The van der Waals surface area contributed by atoms with Crippen LogP contribution in [0, 0.1) is 0 Å². The Labute approximate surface area is 110 Å². The summed E-state index contributed by atoms with van der Waals surface area (Å²) in [6.45, 7) is 1.10. The number of ether oxygens (including phenoxy) is 1. The molecule has 1 aliphatic carbocycles. The lowest BCUT2D eigenvalue weighted by molar-refractivity contribution is -0.189. The Balaban J connectivity index is 1.72. The van der Waals surface area contributed by atoms with Crippen molar-refractivity contribution in [2.75, 3.05) is 19.6 Å². The fraction of sp³-hybridized carbons (Fsp3) is 0.750. The first-order chi connectivity index (χ1) is 9.01. The minimum atomic E-state index is -0.952. The van der Waals surface area contributed by atoms with Crippen LogP contribution < -0.4 is 0 Å². The Kier molecular flexibility index (Phi) is 2.65. The third-order valence-electron chi connectivity index (χ3n) is 4.14. The van der Waals surface area contributed by atoms with E-state index < -0.39 is 23.6 Å². The lowest BCUT2D eigenvalue weighted by Gasteiger charge is -2.45. The standard InChI is InChI=1S/C12H16N2O5/c15-9-10(16)19-12(7-14(9)8-1-2-8)3-5-13(6-4-12)11(17)18/h8H,1-7H2,(H,17,18). The normalized spacial score (nSPS) is 26.5. The number of nitrogens with zero attached hydrogens (tertiary/aromatic N) is 2. The summed E-state index contributed by atoms with van der Waals surface area (Å²) in [6.07, 6.45) is 1.85. The number of hydrogen-bond acceptors (Lipinski definition) is 4. The smallest absolute Gasteiger partial charge is 0.407 e. The number of carboxylic acid groups (broad SMARTS) is 1. The van der Waals surface area contributed by atoms with Gasteiger partial charge >= 0.3 is 18.0 Å². The number of morpholine rings is 1. The molecule has 1 saturated carbocycles. The Bertz CT molecular complexity index is 437. The predicted molar refractivity (Wildman–Crippen MR) is 62.4 cm³/mol. The summed E-state index contributed by atoms with van der Waals surface area (Å²) >= 11 is 0. The molecule has 0 atom stereocenters. The van der Waals surface area contributed by atoms with Crippen LogP contribution in [-0.4, -0.2) is 64.2 Å². The second-order valence-electron chi connectivity index (χ2n) is 5.51. The molecule has 0 aromatic carbocycles. The third kappa shape index (κ3) is 2.13. The number of esters is 1. The summed E-state index contributed by atoms with van der Waals surface area (Å²) in [5.74, 6) is -1.34. The van der Waals surface area contributed by atoms with E-state index >= 15 is 0 Å². The van der Waals surface area contributed by atoms with Crippen molar-refractivity contribution in [2.45, 2.75) is 37.3 Å². The lowest BCUT2D eigenvalue weighted by Crippen LogP contribution is -2.61. The van der Waals surface area contributed by atoms with Gasteiger partial charge in [-0.2, -0.15) is 0 Å². The number of likely N-dealkylation sites (tertiary alicyclic amines) is 1. The van der Waals surface area contributed by atoms with E-state index in [4.69, 9.17) is 9.84 Å². The van der Waals surface area contributed by atoms with Gasteiger partial charge in [-0.05, 0) is 12.8 Å². The summed E-state index contributed by atoms with van der Waals surface area (Å²) in [5.41, 5.74) is -0.681. The molecule has 2 amide bonds. The van der Waals surface area contributed by atoms with E-state index in [1.165, 1.54) is 4.90 Å². The Morgan fingerprint density at radius 1 is 1.26 bits per heavy atom. The average molecular weight is 268 g/mol. The van der Waals surface area contributed by atoms with Gasteiger partial charge in [0, 0.05) is 32.0 Å². The highest BCUT2D eigenvalue weighted by molar-refractivity contribution is 6.33. The largest absolute Gasteiger partial charge is 0.465 e. The molecule has 0 aromatic rings. The van der Waals surface area contributed by atoms with Gasteiger partial charge < -0.3 is 19.6 Å². The molecular weight excluding hydrogens is 252 g/mol. The van der Waals surface area contributed by atoms with Gasteiger partial charge in [-0.15, -0.1) is 0 Å². The van der Waals surface area contributed by atoms with E-state index in [9.17, 15) is 14.4 Å². The number of carbonyl (C=O) groups excluding carboxylic acids is 2. The van der Waals surface area contributed by atoms with Crippen molar-refractivity contribution < 1.29 is 24.2 Å². The molecule has 0 aromatic heterocycles. The quantitative estimate of drug-likeness (QED) is 0.536. The van der Waals surface area contributed by atoms with Crippen LogP contribution in [0.15, 0.2) is 0 Å². The van der Waals surface area contributed by atoms with Gasteiger partial charge in [-0.3, -0.25) is 4.79 Å². The van der Waals surface area contributed by atoms with Gasteiger partial charge in [0.2, 0.25) is 0 Å². The van der Waals surface area contributed by atoms with Gasteiger partial charge in [-0.1, -0.05) is 0 Å². The van der Waals surface area contributed by atoms with Crippen LogP contribution >= 0.6 is 0 Å². The maximum Gasteiger partial charge on any atom is 0.407 e. The van der Waals surface area contributed by atoms with E-state index in [1.807, 2.05) is 0 Å². The van der Waals surface area contributed by atoms with Crippen LogP contribution in [0.4, 0.5) is 4.79 Å². The first kappa shape index (κ1) is 12.3. The zero-order chi connectivity index (χ0) is 13.6. The molecule has 3 rings (SSSR count). The summed E-state index contributed by atoms with van der Waals surface area (Å²) in [4.78, 5) is 37.2. The number of carbonyl (C=O) groups is 3. The Hall–Kier alpha value is -1.79. The number of rotatable bonds is 1.